The average Bonchev–Trinajstić information content (AvgIpc) is 3.23. The van der Waals surface area contributed by atoms with Crippen LogP contribution in [0.2, 0.25) is 5.02 Å². The molecule has 1 amide bonds. The van der Waals surface area contributed by atoms with Gasteiger partial charge in [0.1, 0.15) is 11.5 Å². The Labute approximate surface area is 185 Å². The zero-order chi connectivity index (χ0) is 22.2. The van der Waals surface area contributed by atoms with Crippen molar-refractivity contribution in [2.24, 2.45) is 5.10 Å². The van der Waals surface area contributed by atoms with Crippen LogP contribution in [0.3, 0.4) is 0 Å². The molecular weight excluding hydrogens is 418 g/mol. The number of hydrogen-bond acceptors (Lipinski definition) is 6. The minimum absolute atomic E-state index is 0.0885. The van der Waals surface area contributed by atoms with Gasteiger partial charge in [0.15, 0.2) is 0 Å². The second-order valence-corrected chi connectivity index (χ2v) is 7.04. The predicted molar refractivity (Wildman–Crippen MR) is 121 cm³/mol. The number of hydrogen-bond donors (Lipinski definition) is 2. The molecule has 1 aromatic heterocycles. The maximum absolute atomic E-state index is 12.0. The lowest BCUT2D eigenvalue weighted by molar-refractivity contribution is -0.119. The zero-order valence-corrected chi connectivity index (χ0v) is 17.9. The molecule has 0 saturated carbocycles. The summed E-state index contributed by atoms with van der Waals surface area (Å²) in [5.41, 5.74) is 5.37. The molecule has 0 saturated heterocycles. The van der Waals surface area contributed by atoms with Gasteiger partial charge in [0.05, 0.1) is 30.0 Å². The molecule has 2 N–H and O–H groups in total. The van der Waals surface area contributed by atoms with E-state index in [1.807, 2.05) is 31.2 Å². The van der Waals surface area contributed by atoms with E-state index >= 15 is 0 Å². The van der Waals surface area contributed by atoms with Crippen molar-refractivity contribution >= 4 is 35.4 Å². The fraction of sp³-hybridized carbons (Fsp3) is 0.174. The lowest BCUT2D eigenvalue weighted by atomic mass is 10.1. The van der Waals surface area contributed by atoms with Crippen molar-refractivity contribution in [2.75, 3.05) is 18.5 Å². The second kappa shape index (κ2) is 10.4. The van der Waals surface area contributed by atoms with E-state index in [0.717, 1.165) is 11.3 Å². The Bertz CT molecular complexity index is 1090. The Hall–Kier alpha value is -3.58. The number of anilines is 1. The van der Waals surface area contributed by atoms with E-state index in [9.17, 15) is 9.59 Å². The van der Waals surface area contributed by atoms with Crippen molar-refractivity contribution < 1.29 is 18.7 Å². The molecule has 0 bridgehead atoms. The number of carbonyl (C=O) groups excluding carboxylic acids is 2. The molecule has 2 aromatic carbocycles. The Kier molecular flexibility index (Phi) is 7.45. The molecule has 7 nitrogen and oxygen atoms in total. The maximum Gasteiger partial charge on any atom is 0.339 e. The summed E-state index contributed by atoms with van der Waals surface area (Å²) in [7, 11) is 0. The van der Waals surface area contributed by atoms with Gasteiger partial charge in [-0.15, -0.1) is 0 Å². The minimum atomic E-state index is -0.496. The molecule has 1 heterocycles. The molecule has 0 fully saturated rings. The Balaban J connectivity index is 1.57. The Morgan fingerprint density at radius 3 is 2.65 bits per heavy atom. The van der Waals surface area contributed by atoms with Crippen molar-refractivity contribution in [1.29, 1.82) is 0 Å². The van der Waals surface area contributed by atoms with Gasteiger partial charge in [0.25, 0.3) is 5.91 Å². The van der Waals surface area contributed by atoms with Crippen molar-refractivity contribution in [3.05, 3.63) is 76.5 Å². The molecule has 0 radical (unpaired) electrons. The number of halogens is 1. The number of nitrogens with zero attached hydrogens (tertiary/aromatic N) is 1. The normalized spacial score (nSPS) is 10.8. The highest BCUT2D eigenvalue weighted by molar-refractivity contribution is 6.33. The van der Waals surface area contributed by atoms with Gasteiger partial charge in [-0.2, -0.15) is 5.10 Å². The standard InChI is InChI=1S/C23H22ClN3O4/c1-3-30-23(29)19-12-16(6-10-20(19)24)21-11-9-18(31-21)13-26-27-22(28)14-25-17-7-4-15(2)5-8-17/h4-13,25H,3,14H2,1-2H3,(H,27,28)/b26-13-. The van der Waals surface area contributed by atoms with Gasteiger partial charge in [-0.05, 0) is 56.3 Å². The van der Waals surface area contributed by atoms with Crippen LogP contribution in [-0.2, 0) is 9.53 Å². The Morgan fingerprint density at radius 2 is 1.90 bits per heavy atom. The Morgan fingerprint density at radius 1 is 1.13 bits per heavy atom. The molecule has 0 aliphatic heterocycles. The molecule has 0 atom stereocenters. The monoisotopic (exact) mass is 439 g/mol. The summed E-state index contributed by atoms with van der Waals surface area (Å²) in [6.07, 6.45) is 1.40. The minimum Gasteiger partial charge on any atom is -0.462 e. The number of nitrogens with one attached hydrogen (secondary N) is 2. The van der Waals surface area contributed by atoms with E-state index in [2.05, 4.69) is 15.8 Å². The van der Waals surface area contributed by atoms with Gasteiger partial charge >= 0.3 is 5.97 Å². The number of esters is 1. The SMILES string of the molecule is CCOC(=O)c1cc(-c2ccc(/C=N\NC(=O)CNc3ccc(C)cc3)o2)ccc1Cl. The fourth-order valence-electron chi connectivity index (χ4n) is 2.68. The van der Waals surface area contributed by atoms with Crippen LogP contribution < -0.4 is 10.7 Å². The first-order chi connectivity index (χ1) is 15.0. The van der Waals surface area contributed by atoms with E-state index in [1.165, 1.54) is 6.21 Å². The van der Waals surface area contributed by atoms with Gasteiger partial charge < -0.3 is 14.5 Å². The molecule has 0 spiro atoms. The zero-order valence-electron chi connectivity index (χ0n) is 17.1. The van der Waals surface area contributed by atoms with E-state index < -0.39 is 5.97 Å². The first-order valence-electron chi connectivity index (χ1n) is 9.65. The summed E-state index contributed by atoms with van der Waals surface area (Å²) in [5.74, 6) is 0.176. The lowest BCUT2D eigenvalue weighted by Crippen LogP contribution is -2.25. The number of carbonyl (C=O) groups is 2. The summed E-state index contributed by atoms with van der Waals surface area (Å²) < 4.78 is 10.7. The summed E-state index contributed by atoms with van der Waals surface area (Å²) in [6.45, 7) is 4.07. The number of rotatable bonds is 8. The van der Waals surface area contributed by atoms with Crippen LogP contribution >= 0.6 is 11.6 Å². The molecule has 0 aliphatic rings. The van der Waals surface area contributed by atoms with E-state index in [-0.39, 0.29) is 24.6 Å². The summed E-state index contributed by atoms with van der Waals surface area (Å²) in [6, 6.07) is 16.1. The highest BCUT2D eigenvalue weighted by Gasteiger charge is 2.14. The van der Waals surface area contributed by atoms with Crippen LogP contribution in [0, 0.1) is 6.92 Å². The molecule has 8 heteroatoms. The smallest absolute Gasteiger partial charge is 0.339 e. The van der Waals surface area contributed by atoms with Gasteiger partial charge in [-0.25, -0.2) is 10.2 Å². The van der Waals surface area contributed by atoms with Crippen LogP contribution in [0.15, 0.2) is 64.1 Å². The third kappa shape index (κ3) is 6.20. The molecule has 3 aromatic rings. The molecule has 0 aliphatic carbocycles. The maximum atomic E-state index is 12.0. The molecule has 3 rings (SSSR count). The van der Waals surface area contributed by atoms with Gasteiger partial charge in [0, 0.05) is 11.3 Å². The predicted octanol–water partition coefficient (Wildman–Crippen LogP) is 4.65. The first-order valence-corrected chi connectivity index (χ1v) is 10.0. The van der Waals surface area contributed by atoms with Crippen LogP contribution in [0.4, 0.5) is 5.69 Å². The number of furan rings is 1. The number of hydrazone groups is 1. The van der Waals surface area contributed by atoms with Crippen molar-refractivity contribution in [3.8, 4) is 11.3 Å². The summed E-state index contributed by atoms with van der Waals surface area (Å²) in [5, 5.41) is 7.22. The molecular formula is C23H22ClN3O4. The highest BCUT2D eigenvalue weighted by atomic mass is 35.5. The van der Waals surface area contributed by atoms with E-state index in [4.69, 9.17) is 20.8 Å². The molecule has 0 unspecified atom stereocenters. The van der Waals surface area contributed by atoms with Gasteiger partial charge in [0.2, 0.25) is 0 Å². The number of ether oxygens (including phenoxy) is 1. The van der Waals surface area contributed by atoms with E-state index in [1.54, 1.807) is 37.3 Å². The van der Waals surface area contributed by atoms with Gasteiger partial charge in [-0.3, -0.25) is 4.79 Å². The fourth-order valence-corrected chi connectivity index (χ4v) is 2.88. The number of amides is 1. The number of aryl methyl sites for hydroxylation is 1. The third-order valence-corrected chi connectivity index (χ3v) is 4.59. The summed E-state index contributed by atoms with van der Waals surface area (Å²) in [4.78, 5) is 23.9. The largest absolute Gasteiger partial charge is 0.462 e. The molecule has 31 heavy (non-hydrogen) atoms. The van der Waals surface area contributed by atoms with Crippen LogP contribution in [0.1, 0.15) is 28.6 Å². The van der Waals surface area contributed by atoms with Crippen molar-refractivity contribution in [2.45, 2.75) is 13.8 Å². The van der Waals surface area contributed by atoms with Crippen LogP contribution in [0.5, 0.6) is 0 Å². The highest BCUT2D eigenvalue weighted by Crippen LogP contribution is 2.27. The van der Waals surface area contributed by atoms with Crippen molar-refractivity contribution in [1.82, 2.24) is 5.43 Å². The average molecular weight is 440 g/mol. The summed E-state index contributed by atoms with van der Waals surface area (Å²) >= 11 is 6.09. The quantitative estimate of drug-likeness (QED) is 0.303. The van der Waals surface area contributed by atoms with Crippen LogP contribution in [0.25, 0.3) is 11.3 Å². The lowest BCUT2D eigenvalue weighted by Gasteiger charge is -2.06. The first kappa shape index (κ1) is 22.1. The third-order valence-electron chi connectivity index (χ3n) is 4.26. The second-order valence-electron chi connectivity index (χ2n) is 6.63. The van der Waals surface area contributed by atoms with Crippen LogP contribution in [-0.4, -0.2) is 31.2 Å². The van der Waals surface area contributed by atoms with Gasteiger partial charge in [-0.1, -0.05) is 29.3 Å². The topological polar surface area (TPSA) is 92.9 Å². The van der Waals surface area contributed by atoms with Crippen molar-refractivity contribution in [3.63, 3.8) is 0 Å². The molecule has 160 valence electrons. The van der Waals surface area contributed by atoms with E-state index in [0.29, 0.717) is 22.1 Å². The number of benzene rings is 2.